The van der Waals surface area contributed by atoms with Crippen molar-refractivity contribution in [1.82, 2.24) is 0 Å². The van der Waals surface area contributed by atoms with Crippen molar-refractivity contribution in [3.05, 3.63) is 40.2 Å². The molecule has 0 saturated carbocycles. The van der Waals surface area contributed by atoms with Gasteiger partial charge in [0.25, 0.3) is 0 Å². The van der Waals surface area contributed by atoms with Crippen molar-refractivity contribution in [3.63, 3.8) is 0 Å². The molecule has 1 aromatic rings. The lowest BCUT2D eigenvalue weighted by Gasteiger charge is -2.32. The summed E-state index contributed by atoms with van der Waals surface area (Å²) in [4.78, 5) is 0. The molecule has 1 heteroatoms. The highest BCUT2D eigenvalue weighted by atomic mass is 16.5. The molecule has 0 aromatic heterocycles. The van der Waals surface area contributed by atoms with E-state index in [1.54, 1.807) is 0 Å². The van der Waals surface area contributed by atoms with E-state index < -0.39 is 0 Å². The van der Waals surface area contributed by atoms with Crippen LogP contribution >= 0.6 is 0 Å². The Labute approximate surface area is 168 Å². The lowest BCUT2D eigenvalue weighted by molar-refractivity contribution is 0.381. The average molecular weight is 371 g/mol. The number of hydrogen-bond acceptors (Lipinski definition) is 1. The van der Waals surface area contributed by atoms with E-state index in [2.05, 4.69) is 67.5 Å². The second-order valence-corrected chi connectivity index (χ2v) is 10.5. The van der Waals surface area contributed by atoms with E-state index >= 15 is 0 Å². The van der Waals surface area contributed by atoms with Gasteiger partial charge < -0.3 is 4.74 Å². The normalized spacial score (nSPS) is 15.0. The second-order valence-electron chi connectivity index (χ2n) is 10.5. The molecule has 0 unspecified atom stereocenters. The van der Waals surface area contributed by atoms with Gasteiger partial charge in [0.05, 0.1) is 0 Å². The zero-order chi connectivity index (χ0) is 20.2. The van der Waals surface area contributed by atoms with Gasteiger partial charge in [-0.1, -0.05) is 92.7 Å². The molecule has 0 fully saturated rings. The molecule has 0 bridgehead atoms. The predicted octanol–water partition coefficient (Wildman–Crippen LogP) is 8.24. The van der Waals surface area contributed by atoms with Crippen LogP contribution in [0.5, 0.6) is 5.75 Å². The second kappa shape index (κ2) is 8.84. The van der Waals surface area contributed by atoms with Gasteiger partial charge in [-0.2, -0.15) is 0 Å². The highest BCUT2D eigenvalue weighted by molar-refractivity contribution is 5.53. The van der Waals surface area contributed by atoms with Crippen LogP contribution in [0.1, 0.15) is 117 Å². The van der Waals surface area contributed by atoms with Crippen molar-refractivity contribution in [2.75, 3.05) is 0 Å². The minimum absolute atomic E-state index is 0.0857. The topological polar surface area (TPSA) is 9.23 Å². The van der Waals surface area contributed by atoms with Gasteiger partial charge in [-0.05, 0) is 47.3 Å². The Hall–Kier alpha value is -1.24. The smallest absolute Gasteiger partial charge is 0.134 e. The van der Waals surface area contributed by atoms with Crippen LogP contribution < -0.4 is 4.74 Å². The molecule has 0 amide bonds. The standard InChI is InChI=1S/C26H42O/c1-9-10-11-12-13-14-15-20-16-21-17-22(25(3,4)5)18-23(26(6,7)8)24(21)27-19(20)2/h17-18H,9-16H2,1-8H3. The van der Waals surface area contributed by atoms with Crippen molar-refractivity contribution in [2.45, 2.75) is 118 Å². The Morgan fingerprint density at radius 2 is 1.48 bits per heavy atom. The third-order valence-corrected chi connectivity index (χ3v) is 5.83. The van der Waals surface area contributed by atoms with Gasteiger partial charge in [0.15, 0.2) is 0 Å². The molecule has 0 spiro atoms. The van der Waals surface area contributed by atoms with Crippen LogP contribution in [0.25, 0.3) is 0 Å². The van der Waals surface area contributed by atoms with E-state index in [0.29, 0.717) is 0 Å². The Kier molecular flexibility index (Phi) is 7.22. The Bertz CT molecular complexity index is 665. The molecule has 1 nitrogen and oxygen atoms in total. The summed E-state index contributed by atoms with van der Waals surface area (Å²) < 4.78 is 6.44. The third kappa shape index (κ3) is 5.87. The number of hydrogen-bond donors (Lipinski definition) is 0. The van der Waals surface area contributed by atoms with Crippen molar-refractivity contribution >= 4 is 0 Å². The van der Waals surface area contributed by atoms with Gasteiger partial charge in [0.1, 0.15) is 11.5 Å². The highest BCUT2D eigenvalue weighted by Crippen LogP contribution is 2.43. The number of ether oxygens (including phenoxy) is 1. The van der Waals surface area contributed by atoms with E-state index in [0.717, 1.165) is 17.9 Å². The van der Waals surface area contributed by atoms with E-state index in [-0.39, 0.29) is 10.8 Å². The lowest BCUT2D eigenvalue weighted by atomic mass is 9.77. The van der Waals surface area contributed by atoms with Gasteiger partial charge >= 0.3 is 0 Å². The van der Waals surface area contributed by atoms with E-state index in [4.69, 9.17) is 4.74 Å². The fourth-order valence-electron chi connectivity index (χ4n) is 3.89. The Morgan fingerprint density at radius 1 is 0.852 bits per heavy atom. The van der Waals surface area contributed by atoms with Crippen molar-refractivity contribution < 1.29 is 4.74 Å². The summed E-state index contributed by atoms with van der Waals surface area (Å²) >= 11 is 0. The Morgan fingerprint density at radius 3 is 2.07 bits per heavy atom. The lowest BCUT2D eigenvalue weighted by Crippen LogP contribution is -2.21. The van der Waals surface area contributed by atoms with Crippen LogP contribution in [0.2, 0.25) is 0 Å². The summed E-state index contributed by atoms with van der Waals surface area (Å²) in [5.74, 6) is 2.27. The summed E-state index contributed by atoms with van der Waals surface area (Å²) in [6, 6.07) is 4.78. The molecule has 2 rings (SSSR count). The Balaban J connectivity index is 2.20. The zero-order valence-corrected chi connectivity index (χ0v) is 19.2. The quantitative estimate of drug-likeness (QED) is 0.439. The van der Waals surface area contributed by atoms with Crippen molar-refractivity contribution in [3.8, 4) is 5.75 Å². The van der Waals surface area contributed by atoms with Crippen LogP contribution in [-0.2, 0) is 17.3 Å². The first-order chi connectivity index (χ1) is 12.5. The van der Waals surface area contributed by atoms with Crippen LogP contribution in [0, 0.1) is 0 Å². The molecular formula is C26H42O. The number of benzene rings is 1. The SMILES string of the molecule is CCCCCCCCC1=C(C)Oc2c(cc(C(C)(C)C)cc2C(C)(C)C)C1. The van der Waals surface area contributed by atoms with Gasteiger partial charge in [0, 0.05) is 12.0 Å². The molecule has 1 aliphatic rings. The minimum Gasteiger partial charge on any atom is -0.461 e. The van der Waals surface area contributed by atoms with Crippen molar-refractivity contribution in [1.29, 1.82) is 0 Å². The molecule has 1 aromatic carbocycles. The molecule has 1 aliphatic heterocycles. The van der Waals surface area contributed by atoms with Crippen molar-refractivity contribution in [2.24, 2.45) is 0 Å². The number of unbranched alkanes of at least 4 members (excludes halogenated alkanes) is 5. The summed E-state index contributed by atoms with van der Waals surface area (Å²) in [6.45, 7) is 18.3. The number of allylic oxidation sites excluding steroid dienone is 2. The molecule has 27 heavy (non-hydrogen) atoms. The fraction of sp³-hybridized carbons (Fsp3) is 0.692. The molecule has 0 radical (unpaired) electrons. The van der Waals surface area contributed by atoms with Gasteiger partial charge in [-0.15, -0.1) is 0 Å². The first kappa shape index (κ1) is 22.1. The number of rotatable bonds is 7. The maximum Gasteiger partial charge on any atom is 0.134 e. The first-order valence-corrected chi connectivity index (χ1v) is 11.1. The van der Waals surface area contributed by atoms with E-state index in [1.807, 2.05) is 0 Å². The monoisotopic (exact) mass is 370 g/mol. The van der Waals surface area contributed by atoms with Crippen LogP contribution in [0.3, 0.4) is 0 Å². The summed E-state index contributed by atoms with van der Waals surface area (Å²) in [5.41, 5.74) is 5.91. The third-order valence-electron chi connectivity index (χ3n) is 5.83. The molecule has 0 atom stereocenters. The molecule has 152 valence electrons. The van der Waals surface area contributed by atoms with Gasteiger partial charge in [0.2, 0.25) is 0 Å². The predicted molar refractivity (Wildman–Crippen MR) is 119 cm³/mol. The average Bonchev–Trinajstić information content (AvgIpc) is 2.55. The molecule has 1 heterocycles. The maximum absolute atomic E-state index is 6.44. The molecular weight excluding hydrogens is 328 g/mol. The van der Waals surface area contributed by atoms with Crippen LogP contribution in [0.4, 0.5) is 0 Å². The molecule has 0 saturated heterocycles. The van der Waals surface area contributed by atoms with Crippen LogP contribution in [0.15, 0.2) is 23.5 Å². The summed E-state index contributed by atoms with van der Waals surface area (Å²) in [7, 11) is 0. The number of fused-ring (bicyclic) bond motifs is 1. The van der Waals surface area contributed by atoms with Gasteiger partial charge in [-0.3, -0.25) is 0 Å². The first-order valence-electron chi connectivity index (χ1n) is 11.1. The summed E-state index contributed by atoms with van der Waals surface area (Å²) in [5, 5.41) is 0. The molecule has 0 aliphatic carbocycles. The maximum atomic E-state index is 6.44. The molecule has 0 N–H and O–H groups in total. The van der Waals surface area contributed by atoms with Gasteiger partial charge in [-0.25, -0.2) is 0 Å². The van der Waals surface area contributed by atoms with E-state index in [9.17, 15) is 0 Å². The largest absolute Gasteiger partial charge is 0.461 e. The fourth-order valence-corrected chi connectivity index (χ4v) is 3.89. The minimum atomic E-state index is 0.0857. The highest BCUT2D eigenvalue weighted by Gasteiger charge is 2.29. The van der Waals surface area contributed by atoms with E-state index in [1.165, 1.54) is 67.2 Å². The zero-order valence-electron chi connectivity index (χ0n) is 19.2. The summed E-state index contributed by atoms with van der Waals surface area (Å²) in [6.07, 6.45) is 10.3. The van der Waals surface area contributed by atoms with Crippen LogP contribution in [-0.4, -0.2) is 0 Å².